The predicted octanol–water partition coefficient (Wildman–Crippen LogP) is 2.13. The highest BCUT2D eigenvalue weighted by Gasteiger charge is 2.20. The van der Waals surface area contributed by atoms with Gasteiger partial charge in [0.1, 0.15) is 5.75 Å². The molecule has 106 valence electrons. The Balaban J connectivity index is 1.93. The average Bonchev–Trinajstić information content (AvgIpc) is 2.77. The first-order valence-corrected chi connectivity index (χ1v) is 6.14. The number of hydrogen-bond acceptors (Lipinski definition) is 4. The molecule has 0 amide bonds. The van der Waals surface area contributed by atoms with Gasteiger partial charge in [0.2, 0.25) is 0 Å². The Labute approximate surface area is 113 Å². The van der Waals surface area contributed by atoms with E-state index in [0.29, 0.717) is 19.0 Å². The lowest BCUT2D eigenvalue weighted by molar-refractivity contribution is -0.0498. The van der Waals surface area contributed by atoms with Gasteiger partial charge < -0.3 is 15.2 Å². The minimum absolute atomic E-state index is 0.112. The van der Waals surface area contributed by atoms with E-state index in [9.17, 15) is 8.78 Å². The normalized spacial score (nSPS) is 14.3. The number of anilines is 1. The molecule has 5 nitrogen and oxygen atoms in total. The summed E-state index contributed by atoms with van der Waals surface area (Å²) in [5.41, 5.74) is 8.50. The lowest BCUT2D eigenvalue weighted by atomic mass is 10.1. The van der Waals surface area contributed by atoms with E-state index in [-0.39, 0.29) is 5.75 Å². The fourth-order valence-corrected chi connectivity index (χ4v) is 2.24. The molecule has 1 aromatic carbocycles. The van der Waals surface area contributed by atoms with Crippen molar-refractivity contribution in [3.8, 4) is 11.4 Å². The number of nitrogen functional groups attached to an aromatic ring is 1. The molecule has 0 atom stereocenters. The van der Waals surface area contributed by atoms with E-state index in [2.05, 4.69) is 9.84 Å². The van der Waals surface area contributed by atoms with E-state index >= 15 is 0 Å². The topological polar surface area (TPSA) is 62.3 Å². The molecule has 1 aromatic heterocycles. The summed E-state index contributed by atoms with van der Waals surface area (Å²) in [5, 5.41) is 4.28. The minimum Gasteiger partial charge on any atom is -0.435 e. The summed E-state index contributed by atoms with van der Waals surface area (Å²) in [6, 6.07) is 6.29. The molecule has 0 unspecified atom stereocenters. The second-order valence-corrected chi connectivity index (χ2v) is 4.40. The smallest absolute Gasteiger partial charge is 0.387 e. The van der Waals surface area contributed by atoms with Gasteiger partial charge in [-0.2, -0.15) is 13.9 Å². The van der Waals surface area contributed by atoms with Crippen molar-refractivity contribution in [3.63, 3.8) is 0 Å². The van der Waals surface area contributed by atoms with Crippen LogP contribution in [0.15, 0.2) is 24.3 Å². The monoisotopic (exact) mass is 281 g/mol. The van der Waals surface area contributed by atoms with Crippen LogP contribution in [0.1, 0.15) is 11.3 Å². The Morgan fingerprint density at radius 2 is 2.05 bits per heavy atom. The van der Waals surface area contributed by atoms with Gasteiger partial charge in [0.25, 0.3) is 0 Å². The molecule has 2 aromatic rings. The second-order valence-electron chi connectivity index (χ2n) is 4.40. The molecular weight excluding hydrogens is 268 g/mol. The number of alkyl halides is 2. The highest BCUT2D eigenvalue weighted by Crippen LogP contribution is 2.26. The van der Waals surface area contributed by atoms with Crippen LogP contribution in [0.2, 0.25) is 0 Å². The maximum atomic E-state index is 12.1. The molecule has 0 bridgehead atoms. The maximum Gasteiger partial charge on any atom is 0.387 e. The molecule has 0 aliphatic carbocycles. The Kier molecular flexibility index (Phi) is 3.27. The Morgan fingerprint density at radius 3 is 2.75 bits per heavy atom. The number of nitrogens with two attached hydrogens (primary N) is 1. The number of halogens is 2. The molecule has 3 rings (SSSR count). The SMILES string of the molecule is Nc1nn(-c2ccc(OC(F)F)cc2)c2c1COCC2. The number of aromatic nitrogens is 2. The number of ether oxygens (including phenoxy) is 2. The number of rotatable bonds is 3. The summed E-state index contributed by atoms with van der Waals surface area (Å²) < 4.78 is 35.6. The van der Waals surface area contributed by atoms with Crippen LogP contribution in [0.25, 0.3) is 5.69 Å². The Bertz CT molecular complexity index is 611. The first-order chi connectivity index (χ1) is 9.65. The number of benzene rings is 1. The molecular formula is C13H13F2N3O2. The van der Waals surface area contributed by atoms with Gasteiger partial charge in [-0.1, -0.05) is 0 Å². The highest BCUT2D eigenvalue weighted by molar-refractivity contribution is 5.48. The van der Waals surface area contributed by atoms with Gasteiger partial charge in [-0.25, -0.2) is 4.68 Å². The van der Waals surface area contributed by atoms with Crippen molar-refractivity contribution in [2.45, 2.75) is 19.6 Å². The fraction of sp³-hybridized carbons (Fsp3) is 0.308. The first kappa shape index (κ1) is 12.9. The molecule has 0 radical (unpaired) electrons. The zero-order chi connectivity index (χ0) is 14.1. The van der Waals surface area contributed by atoms with Crippen LogP contribution in [0, 0.1) is 0 Å². The number of nitrogens with zero attached hydrogens (tertiary/aromatic N) is 2. The molecule has 0 fully saturated rings. The zero-order valence-electron chi connectivity index (χ0n) is 10.6. The van der Waals surface area contributed by atoms with Gasteiger partial charge in [-0.15, -0.1) is 0 Å². The lowest BCUT2D eigenvalue weighted by Crippen LogP contribution is -2.13. The van der Waals surface area contributed by atoms with Gasteiger partial charge in [-0.05, 0) is 24.3 Å². The van der Waals surface area contributed by atoms with E-state index in [1.54, 1.807) is 16.8 Å². The van der Waals surface area contributed by atoms with E-state index in [4.69, 9.17) is 10.5 Å². The summed E-state index contributed by atoms with van der Waals surface area (Å²) in [6.45, 7) is -1.76. The van der Waals surface area contributed by atoms with Crippen molar-refractivity contribution in [3.05, 3.63) is 35.5 Å². The van der Waals surface area contributed by atoms with Crippen LogP contribution in [0.4, 0.5) is 14.6 Å². The summed E-state index contributed by atoms with van der Waals surface area (Å²) in [7, 11) is 0. The van der Waals surface area contributed by atoms with Crippen LogP contribution in [0.3, 0.4) is 0 Å². The minimum atomic E-state index is -2.83. The van der Waals surface area contributed by atoms with Crippen LogP contribution < -0.4 is 10.5 Å². The van der Waals surface area contributed by atoms with Crippen molar-refractivity contribution in [1.82, 2.24) is 9.78 Å². The van der Waals surface area contributed by atoms with Crippen LogP contribution in [0.5, 0.6) is 5.75 Å². The molecule has 0 saturated heterocycles. The molecule has 20 heavy (non-hydrogen) atoms. The lowest BCUT2D eigenvalue weighted by Gasteiger charge is -2.14. The Morgan fingerprint density at radius 1 is 1.30 bits per heavy atom. The summed E-state index contributed by atoms with van der Waals surface area (Å²) >= 11 is 0. The van der Waals surface area contributed by atoms with E-state index in [1.807, 2.05) is 0 Å². The molecule has 0 spiro atoms. The number of fused-ring (bicyclic) bond motifs is 1. The number of hydrogen-bond donors (Lipinski definition) is 1. The highest BCUT2D eigenvalue weighted by atomic mass is 19.3. The molecule has 0 saturated carbocycles. The third kappa shape index (κ3) is 2.32. The predicted molar refractivity (Wildman–Crippen MR) is 68.0 cm³/mol. The quantitative estimate of drug-likeness (QED) is 0.936. The van der Waals surface area contributed by atoms with E-state index in [1.165, 1.54) is 12.1 Å². The van der Waals surface area contributed by atoms with Crippen molar-refractivity contribution in [1.29, 1.82) is 0 Å². The van der Waals surface area contributed by atoms with Crippen LogP contribution in [-0.4, -0.2) is 23.0 Å². The molecule has 7 heteroatoms. The molecule has 1 aliphatic heterocycles. The molecule has 2 heterocycles. The van der Waals surface area contributed by atoms with Crippen LogP contribution >= 0.6 is 0 Å². The van der Waals surface area contributed by atoms with Crippen molar-refractivity contribution >= 4 is 5.82 Å². The third-order valence-corrected chi connectivity index (χ3v) is 3.16. The first-order valence-electron chi connectivity index (χ1n) is 6.14. The van der Waals surface area contributed by atoms with Gasteiger partial charge in [0.15, 0.2) is 5.82 Å². The Hall–Kier alpha value is -2.15. The van der Waals surface area contributed by atoms with E-state index < -0.39 is 6.61 Å². The van der Waals surface area contributed by atoms with Crippen molar-refractivity contribution in [2.75, 3.05) is 12.3 Å². The van der Waals surface area contributed by atoms with Gasteiger partial charge in [-0.3, -0.25) is 0 Å². The summed E-state index contributed by atoms with van der Waals surface area (Å²) in [4.78, 5) is 0. The van der Waals surface area contributed by atoms with Gasteiger partial charge in [0.05, 0.1) is 24.6 Å². The zero-order valence-corrected chi connectivity index (χ0v) is 10.6. The fourth-order valence-electron chi connectivity index (χ4n) is 2.24. The van der Waals surface area contributed by atoms with Crippen molar-refractivity contribution < 1.29 is 18.3 Å². The molecule has 2 N–H and O–H groups in total. The van der Waals surface area contributed by atoms with E-state index in [0.717, 1.165) is 23.4 Å². The third-order valence-electron chi connectivity index (χ3n) is 3.16. The van der Waals surface area contributed by atoms with Crippen molar-refractivity contribution in [2.24, 2.45) is 0 Å². The maximum absolute atomic E-state index is 12.1. The second kappa shape index (κ2) is 5.09. The summed E-state index contributed by atoms with van der Waals surface area (Å²) in [5.74, 6) is 0.550. The largest absolute Gasteiger partial charge is 0.435 e. The summed E-state index contributed by atoms with van der Waals surface area (Å²) in [6.07, 6.45) is 0.717. The standard InChI is InChI=1S/C13H13F2N3O2/c14-13(15)20-9-3-1-8(2-4-9)18-11-5-6-19-7-10(11)12(16)17-18/h1-4,13H,5-7H2,(H2,16,17). The van der Waals surface area contributed by atoms with Gasteiger partial charge in [0, 0.05) is 12.0 Å². The molecule has 1 aliphatic rings. The average molecular weight is 281 g/mol. The van der Waals surface area contributed by atoms with Gasteiger partial charge >= 0.3 is 6.61 Å². The van der Waals surface area contributed by atoms with Crippen LogP contribution in [-0.2, 0) is 17.8 Å².